The summed E-state index contributed by atoms with van der Waals surface area (Å²) in [5, 5.41) is 7.79. The average molecular weight is 333 g/mol. The largest absolute Gasteiger partial charge is 0.335 e. The molecule has 3 fully saturated rings. The van der Waals surface area contributed by atoms with E-state index in [9.17, 15) is 4.79 Å². The van der Waals surface area contributed by atoms with Crippen LogP contribution >= 0.6 is 11.3 Å². The van der Waals surface area contributed by atoms with Crippen molar-refractivity contribution in [1.82, 2.24) is 10.2 Å². The number of nitrogens with one attached hydrogen (secondary N) is 1. The van der Waals surface area contributed by atoms with Crippen molar-refractivity contribution in [3.8, 4) is 0 Å². The molecule has 3 aliphatic rings. The van der Waals surface area contributed by atoms with Crippen LogP contribution in [0.3, 0.4) is 0 Å². The third-order valence-corrected chi connectivity index (χ3v) is 7.10. The molecule has 0 bridgehead atoms. The van der Waals surface area contributed by atoms with E-state index in [4.69, 9.17) is 0 Å². The molecule has 1 atom stereocenters. The van der Waals surface area contributed by atoms with Gasteiger partial charge in [-0.25, -0.2) is 0 Å². The Hall–Kier alpha value is -0.870. The van der Waals surface area contributed by atoms with Crippen LogP contribution in [-0.2, 0) is 11.3 Å². The molecule has 1 aromatic rings. The van der Waals surface area contributed by atoms with Gasteiger partial charge in [0.05, 0.1) is 0 Å². The first kappa shape index (κ1) is 15.6. The Labute approximate surface area is 143 Å². The maximum absolute atomic E-state index is 12.9. The molecular formula is C19H28N2OS. The predicted molar refractivity (Wildman–Crippen MR) is 94.4 cm³/mol. The number of piperidine rings is 1. The number of carbonyl (C=O) groups excluding carboxylic acids is 1. The van der Waals surface area contributed by atoms with Gasteiger partial charge in [-0.15, -0.1) is 0 Å². The van der Waals surface area contributed by atoms with Crippen molar-refractivity contribution in [1.29, 1.82) is 0 Å². The minimum absolute atomic E-state index is 0.406. The van der Waals surface area contributed by atoms with Crippen molar-refractivity contribution < 1.29 is 4.79 Å². The maximum Gasteiger partial charge on any atom is 0.223 e. The van der Waals surface area contributed by atoms with Crippen LogP contribution in [0.25, 0.3) is 0 Å². The molecule has 0 radical (unpaired) electrons. The summed E-state index contributed by atoms with van der Waals surface area (Å²) in [6.07, 6.45) is 9.65. The van der Waals surface area contributed by atoms with Crippen molar-refractivity contribution in [2.75, 3.05) is 13.1 Å². The zero-order chi connectivity index (χ0) is 15.7. The first-order chi connectivity index (χ1) is 11.3. The van der Waals surface area contributed by atoms with E-state index >= 15 is 0 Å². The highest BCUT2D eigenvalue weighted by Crippen LogP contribution is 2.56. The van der Waals surface area contributed by atoms with Crippen LogP contribution in [0.5, 0.6) is 0 Å². The van der Waals surface area contributed by atoms with Gasteiger partial charge >= 0.3 is 0 Å². The van der Waals surface area contributed by atoms with Gasteiger partial charge in [-0.1, -0.05) is 19.3 Å². The van der Waals surface area contributed by atoms with Crippen molar-refractivity contribution >= 4 is 17.2 Å². The lowest BCUT2D eigenvalue weighted by atomic mass is 9.82. The molecule has 1 N–H and O–H groups in total. The number of carbonyl (C=O) groups is 1. The molecule has 3 nitrogen and oxygen atoms in total. The Bertz CT molecular complexity index is 532. The first-order valence-corrected chi connectivity index (χ1v) is 10.2. The molecule has 1 saturated heterocycles. The lowest BCUT2D eigenvalue weighted by Gasteiger charge is -2.31. The Morgan fingerprint density at radius 3 is 2.83 bits per heavy atom. The molecule has 4 heteroatoms. The molecule has 1 aliphatic heterocycles. The monoisotopic (exact) mass is 332 g/mol. The SMILES string of the molecule is O=C(CCC1CCC1)N(Cc1ccsc1)C1CC12CCNCC2. The van der Waals surface area contributed by atoms with Crippen LogP contribution < -0.4 is 5.32 Å². The smallest absolute Gasteiger partial charge is 0.223 e. The zero-order valence-corrected chi connectivity index (χ0v) is 14.7. The molecule has 2 aliphatic carbocycles. The van der Waals surface area contributed by atoms with Gasteiger partial charge in [-0.3, -0.25) is 4.79 Å². The Morgan fingerprint density at radius 2 is 2.17 bits per heavy atom. The van der Waals surface area contributed by atoms with E-state index in [1.54, 1.807) is 11.3 Å². The molecule has 4 rings (SSSR count). The molecule has 2 heterocycles. The third kappa shape index (κ3) is 3.34. The topological polar surface area (TPSA) is 32.3 Å². The number of nitrogens with zero attached hydrogens (tertiary/aromatic N) is 1. The lowest BCUT2D eigenvalue weighted by molar-refractivity contribution is -0.133. The number of amides is 1. The second-order valence-corrected chi connectivity index (χ2v) is 8.60. The van der Waals surface area contributed by atoms with Gasteiger partial charge in [0.15, 0.2) is 0 Å². The molecule has 126 valence electrons. The van der Waals surface area contributed by atoms with E-state index in [0.29, 0.717) is 17.4 Å². The third-order valence-electron chi connectivity index (χ3n) is 6.37. The Balaban J connectivity index is 1.41. The molecule has 1 spiro atoms. The summed E-state index contributed by atoms with van der Waals surface area (Å²) in [7, 11) is 0. The fourth-order valence-electron chi connectivity index (χ4n) is 4.43. The highest BCUT2D eigenvalue weighted by atomic mass is 32.1. The summed E-state index contributed by atoms with van der Waals surface area (Å²) in [5.74, 6) is 1.23. The molecular weight excluding hydrogens is 304 g/mol. The quantitative estimate of drug-likeness (QED) is 0.859. The molecule has 1 unspecified atom stereocenters. The van der Waals surface area contributed by atoms with Crippen LogP contribution in [0.4, 0.5) is 0 Å². The maximum atomic E-state index is 12.9. The highest BCUT2D eigenvalue weighted by Gasteiger charge is 2.57. The zero-order valence-electron chi connectivity index (χ0n) is 13.9. The summed E-state index contributed by atoms with van der Waals surface area (Å²) in [4.78, 5) is 15.2. The van der Waals surface area contributed by atoms with Crippen LogP contribution in [0.2, 0.25) is 0 Å². The van der Waals surface area contributed by atoms with Crippen LogP contribution in [0, 0.1) is 11.3 Å². The predicted octanol–water partition coefficient (Wildman–Crippen LogP) is 3.80. The fraction of sp³-hybridized carbons (Fsp3) is 0.737. The van der Waals surface area contributed by atoms with E-state index in [1.165, 1.54) is 44.1 Å². The van der Waals surface area contributed by atoms with Crippen LogP contribution in [-0.4, -0.2) is 29.9 Å². The lowest BCUT2D eigenvalue weighted by Crippen LogP contribution is -2.39. The van der Waals surface area contributed by atoms with Gasteiger partial charge in [0.25, 0.3) is 0 Å². The molecule has 23 heavy (non-hydrogen) atoms. The molecule has 2 saturated carbocycles. The number of thiophene rings is 1. The van der Waals surface area contributed by atoms with Gasteiger partial charge in [0.2, 0.25) is 5.91 Å². The molecule has 1 amide bonds. The number of hydrogen-bond acceptors (Lipinski definition) is 3. The summed E-state index contributed by atoms with van der Waals surface area (Å²) >= 11 is 1.74. The van der Waals surface area contributed by atoms with Gasteiger partial charge in [-0.2, -0.15) is 11.3 Å². The standard InChI is InChI=1S/C19H28N2OS/c22-18(5-4-15-2-1-3-15)21(13-16-6-11-23-14-16)17-12-19(17)7-9-20-10-8-19/h6,11,14-15,17,20H,1-5,7-10,12-13H2. The summed E-state index contributed by atoms with van der Waals surface area (Å²) in [6.45, 7) is 3.07. The molecule has 0 aromatic carbocycles. The van der Waals surface area contributed by atoms with Gasteiger partial charge in [-0.05, 0) is 72.5 Å². The van der Waals surface area contributed by atoms with Crippen LogP contribution in [0.1, 0.15) is 56.9 Å². The highest BCUT2D eigenvalue weighted by molar-refractivity contribution is 7.07. The van der Waals surface area contributed by atoms with Crippen molar-refractivity contribution in [2.24, 2.45) is 11.3 Å². The van der Waals surface area contributed by atoms with E-state index in [0.717, 1.165) is 38.4 Å². The Kier molecular flexibility index (Phi) is 4.46. The summed E-state index contributed by atoms with van der Waals surface area (Å²) < 4.78 is 0. The minimum Gasteiger partial charge on any atom is -0.335 e. The number of rotatable bonds is 6. The second-order valence-electron chi connectivity index (χ2n) is 7.82. The van der Waals surface area contributed by atoms with Crippen molar-refractivity contribution in [3.63, 3.8) is 0 Å². The molecule has 1 aromatic heterocycles. The van der Waals surface area contributed by atoms with E-state index in [2.05, 4.69) is 27.0 Å². The van der Waals surface area contributed by atoms with Crippen molar-refractivity contribution in [2.45, 2.75) is 64.0 Å². The Morgan fingerprint density at radius 1 is 1.35 bits per heavy atom. The second kappa shape index (κ2) is 6.56. The van der Waals surface area contributed by atoms with Gasteiger partial charge in [0, 0.05) is 19.0 Å². The minimum atomic E-state index is 0.406. The summed E-state index contributed by atoms with van der Waals surface area (Å²) in [6, 6.07) is 2.67. The average Bonchev–Trinajstić information content (AvgIpc) is 2.96. The van der Waals surface area contributed by atoms with Crippen molar-refractivity contribution in [3.05, 3.63) is 22.4 Å². The first-order valence-electron chi connectivity index (χ1n) is 9.28. The van der Waals surface area contributed by atoms with Crippen LogP contribution in [0.15, 0.2) is 16.8 Å². The van der Waals surface area contributed by atoms with E-state index in [-0.39, 0.29) is 0 Å². The van der Waals surface area contributed by atoms with E-state index in [1.807, 2.05) is 0 Å². The number of hydrogen-bond donors (Lipinski definition) is 1. The summed E-state index contributed by atoms with van der Waals surface area (Å²) in [5.41, 5.74) is 1.75. The normalized spacial score (nSPS) is 26.0. The van der Waals surface area contributed by atoms with E-state index < -0.39 is 0 Å². The fourth-order valence-corrected chi connectivity index (χ4v) is 5.09. The van der Waals surface area contributed by atoms with Gasteiger partial charge in [0.1, 0.15) is 0 Å². The van der Waals surface area contributed by atoms with Gasteiger partial charge < -0.3 is 10.2 Å².